The molecule has 4 heteroatoms. The van der Waals surface area contributed by atoms with Crippen molar-refractivity contribution in [3.8, 4) is 11.3 Å². The Balaban J connectivity index is 2.09. The first-order valence-corrected chi connectivity index (χ1v) is 6.18. The van der Waals surface area contributed by atoms with E-state index in [4.69, 9.17) is 8.83 Å². The summed E-state index contributed by atoms with van der Waals surface area (Å²) in [6.07, 6.45) is 1.33. The van der Waals surface area contributed by atoms with Gasteiger partial charge in [-0.25, -0.2) is 4.98 Å². The molecular weight excluding hydrogens is 254 g/mol. The van der Waals surface area contributed by atoms with E-state index in [2.05, 4.69) is 4.98 Å². The van der Waals surface area contributed by atoms with E-state index >= 15 is 0 Å². The van der Waals surface area contributed by atoms with Crippen LogP contribution in [0.2, 0.25) is 0 Å². The molecule has 0 aliphatic rings. The van der Waals surface area contributed by atoms with Gasteiger partial charge in [0.25, 0.3) is 0 Å². The fourth-order valence-electron chi connectivity index (χ4n) is 2.32. The highest BCUT2D eigenvalue weighted by Crippen LogP contribution is 2.26. The van der Waals surface area contributed by atoms with E-state index in [1.807, 2.05) is 30.3 Å². The number of fused-ring (bicyclic) bond motifs is 3. The van der Waals surface area contributed by atoms with Crippen LogP contribution in [0.1, 0.15) is 0 Å². The van der Waals surface area contributed by atoms with Crippen LogP contribution >= 0.6 is 0 Å². The van der Waals surface area contributed by atoms with Gasteiger partial charge in [-0.2, -0.15) is 0 Å². The second-order valence-electron chi connectivity index (χ2n) is 4.48. The summed E-state index contributed by atoms with van der Waals surface area (Å²) in [4.78, 5) is 16.4. The molecule has 2 aromatic heterocycles. The number of hydrogen-bond acceptors (Lipinski definition) is 4. The molecule has 4 aromatic rings. The molecule has 0 bridgehead atoms. The van der Waals surface area contributed by atoms with E-state index in [0.717, 1.165) is 5.56 Å². The van der Waals surface area contributed by atoms with Crippen molar-refractivity contribution >= 4 is 22.1 Å². The third-order valence-electron chi connectivity index (χ3n) is 3.25. The molecular formula is C16H9NO3. The van der Waals surface area contributed by atoms with Gasteiger partial charge in [0.15, 0.2) is 17.4 Å². The molecule has 20 heavy (non-hydrogen) atoms. The molecule has 0 amide bonds. The minimum Gasteiger partial charge on any atom is -0.456 e. The van der Waals surface area contributed by atoms with Crippen LogP contribution in [0, 0.1) is 0 Å². The zero-order valence-electron chi connectivity index (χ0n) is 10.4. The Bertz CT molecular complexity index is 967. The summed E-state index contributed by atoms with van der Waals surface area (Å²) in [7, 11) is 0. The van der Waals surface area contributed by atoms with Crippen molar-refractivity contribution in [2.45, 2.75) is 0 Å². The molecule has 0 saturated carbocycles. The lowest BCUT2D eigenvalue weighted by Crippen LogP contribution is -2.01. The fraction of sp³-hybridized carbons (Fsp3) is 0. The number of hydrogen-bond donors (Lipinski definition) is 0. The Morgan fingerprint density at radius 1 is 0.950 bits per heavy atom. The lowest BCUT2D eigenvalue weighted by molar-refractivity contribution is 0.601. The molecule has 0 aliphatic carbocycles. The van der Waals surface area contributed by atoms with Crippen LogP contribution < -0.4 is 5.43 Å². The van der Waals surface area contributed by atoms with Crippen molar-refractivity contribution < 1.29 is 8.83 Å². The average Bonchev–Trinajstić information content (AvgIpc) is 2.96. The van der Waals surface area contributed by atoms with Crippen molar-refractivity contribution in [1.29, 1.82) is 0 Å². The van der Waals surface area contributed by atoms with Gasteiger partial charge in [-0.1, -0.05) is 30.3 Å². The summed E-state index contributed by atoms with van der Waals surface area (Å²) in [5, 5.41) is 0.455. The van der Waals surface area contributed by atoms with Gasteiger partial charge in [0, 0.05) is 11.6 Å². The largest absolute Gasteiger partial charge is 0.456 e. The molecule has 0 unspecified atom stereocenters. The van der Waals surface area contributed by atoms with Crippen molar-refractivity contribution in [1.82, 2.24) is 4.98 Å². The third kappa shape index (κ3) is 1.55. The summed E-state index contributed by atoms with van der Waals surface area (Å²) >= 11 is 0. The van der Waals surface area contributed by atoms with Gasteiger partial charge in [-0.3, -0.25) is 4.79 Å². The lowest BCUT2D eigenvalue weighted by Gasteiger charge is -2.03. The minimum absolute atomic E-state index is 0.121. The molecule has 0 atom stereocenters. The molecule has 0 saturated heterocycles. The Kier molecular flexibility index (Phi) is 2.23. The van der Waals surface area contributed by atoms with Crippen LogP contribution in [0.15, 0.2) is 68.6 Å². The van der Waals surface area contributed by atoms with Gasteiger partial charge in [0.05, 0.1) is 5.39 Å². The van der Waals surface area contributed by atoms with Crippen molar-refractivity contribution in [2.75, 3.05) is 0 Å². The first-order valence-electron chi connectivity index (χ1n) is 6.18. The Morgan fingerprint density at radius 2 is 1.75 bits per heavy atom. The molecule has 0 N–H and O–H groups in total. The number of oxazole rings is 1. The van der Waals surface area contributed by atoms with Crippen molar-refractivity contribution in [3.05, 3.63) is 65.1 Å². The number of nitrogens with zero attached hydrogens (tertiary/aromatic N) is 1. The maximum absolute atomic E-state index is 12.3. The quantitative estimate of drug-likeness (QED) is 0.526. The first kappa shape index (κ1) is 11.0. The molecule has 0 spiro atoms. The van der Waals surface area contributed by atoms with Crippen LogP contribution in [0.4, 0.5) is 0 Å². The van der Waals surface area contributed by atoms with E-state index in [9.17, 15) is 4.79 Å². The summed E-state index contributed by atoms with van der Waals surface area (Å²) < 4.78 is 11.0. The average molecular weight is 263 g/mol. The summed E-state index contributed by atoms with van der Waals surface area (Å²) in [6.45, 7) is 0. The maximum atomic E-state index is 12.3. The van der Waals surface area contributed by atoms with Gasteiger partial charge in [-0.05, 0) is 12.1 Å². The van der Waals surface area contributed by atoms with Crippen LogP contribution in [0.5, 0.6) is 0 Å². The van der Waals surface area contributed by atoms with E-state index < -0.39 is 0 Å². The number of aromatic nitrogens is 1. The molecule has 4 nitrogen and oxygen atoms in total. The van der Waals surface area contributed by atoms with Crippen LogP contribution in [0.25, 0.3) is 33.4 Å². The van der Waals surface area contributed by atoms with E-state index in [1.165, 1.54) is 12.5 Å². The molecule has 0 aliphatic heterocycles. The van der Waals surface area contributed by atoms with E-state index in [1.54, 1.807) is 12.1 Å². The maximum Gasteiger partial charge on any atom is 0.195 e. The number of rotatable bonds is 1. The highest BCUT2D eigenvalue weighted by Gasteiger charge is 2.12. The molecule has 2 heterocycles. The highest BCUT2D eigenvalue weighted by atomic mass is 16.3. The molecule has 96 valence electrons. The molecule has 0 fully saturated rings. The molecule has 4 rings (SSSR count). The summed E-state index contributed by atoms with van der Waals surface area (Å²) in [5.74, 6) is 0.547. The van der Waals surface area contributed by atoms with Gasteiger partial charge in [0.2, 0.25) is 0 Å². The zero-order chi connectivity index (χ0) is 13.5. The van der Waals surface area contributed by atoms with Crippen molar-refractivity contribution in [2.24, 2.45) is 0 Å². The topological polar surface area (TPSA) is 56.2 Å². The zero-order valence-corrected chi connectivity index (χ0v) is 10.4. The second-order valence-corrected chi connectivity index (χ2v) is 4.48. The lowest BCUT2D eigenvalue weighted by atomic mass is 10.1. The van der Waals surface area contributed by atoms with Crippen LogP contribution in [-0.2, 0) is 0 Å². The second kappa shape index (κ2) is 4.06. The first-order chi connectivity index (χ1) is 9.83. The highest BCUT2D eigenvalue weighted by molar-refractivity contribution is 6.00. The Labute approximate surface area is 113 Å². The molecule has 2 aromatic carbocycles. The predicted molar refractivity (Wildman–Crippen MR) is 75.5 cm³/mol. The number of benzene rings is 2. The molecule has 0 radical (unpaired) electrons. The van der Waals surface area contributed by atoms with E-state index in [0.29, 0.717) is 27.8 Å². The Hall–Kier alpha value is -2.88. The third-order valence-corrected chi connectivity index (χ3v) is 3.25. The summed E-state index contributed by atoms with van der Waals surface area (Å²) in [5.41, 5.74) is 2.38. The van der Waals surface area contributed by atoms with Crippen LogP contribution in [-0.4, -0.2) is 4.98 Å². The van der Waals surface area contributed by atoms with E-state index in [-0.39, 0.29) is 5.43 Å². The summed E-state index contributed by atoms with van der Waals surface area (Å²) in [6, 6.07) is 14.5. The fourth-order valence-corrected chi connectivity index (χ4v) is 2.32. The minimum atomic E-state index is -0.121. The SMILES string of the molecule is O=c1cc(-c2ccccc2)oc2ccc3ocnc3c12. The standard InChI is InChI=1S/C16H9NO3/c18-11-8-14(10-4-2-1-3-5-10)20-12-6-7-13-16(15(11)12)17-9-19-13/h1-9H. The van der Waals surface area contributed by atoms with Gasteiger partial charge < -0.3 is 8.83 Å². The predicted octanol–water partition coefficient (Wildman–Crippen LogP) is 3.60. The smallest absolute Gasteiger partial charge is 0.195 e. The van der Waals surface area contributed by atoms with Crippen LogP contribution in [0.3, 0.4) is 0 Å². The van der Waals surface area contributed by atoms with Gasteiger partial charge in [0.1, 0.15) is 16.9 Å². The van der Waals surface area contributed by atoms with Crippen molar-refractivity contribution in [3.63, 3.8) is 0 Å². The van der Waals surface area contributed by atoms with Gasteiger partial charge >= 0.3 is 0 Å². The Morgan fingerprint density at radius 3 is 2.60 bits per heavy atom. The normalized spacial score (nSPS) is 11.2. The monoisotopic (exact) mass is 263 g/mol. The van der Waals surface area contributed by atoms with Gasteiger partial charge in [-0.15, -0.1) is 0 Å².